The van der Waals surface area contributed by atoms with Gasteiger partial charge in [-0.25, -0.2) is 0 Å². The van der Waals surface area contributed by atoms with Gasteiger partial charge in [-0.1, -0.05) is 44.0 Å². The number of hydrogen-bond donors (Lipinski definition) is 1. The first-order valence-electron chi connectivity index (χ1n) is 10.1. The molecule has 2 aromatic heterocycles. The molecular formula is C25H19Br2N3OS. The standard InChI is InChI=1S/C25H19Br2N3OS/c1-15-5-10-18(19(27)14-15)21-11-12-22(31-21)24-23(20-4-2-3-13-28-20)29-25(32)30(24)17-8-6-16(26)7-9-17/h2-14,23-24H,1H3,(H,29,32). The molecule has 160 valence electrons. The molecule has 32 heavy (non-hydrogen) atoms. The van der Waals surface area contributed by atoms with Crippen molar-refractivity contribution in [3.63, 3.8) is 0 Å². The van der Waals surface area contributed by atoms with Gasteiger partial charge in [-0.3, -0.25) is 4.98 Å². The van der Waals surface area contributed by atoms with Crippen LogP contribution in [0.4, 0.5) is 5.69 Å². The van der Waals surface area contributed by atoms with Crippen LogP contribution in [0.1, 0.15) is 29.1 Å². The first-order chi connectivity index (χ1) is 15.5. The summed E-state index contributed by atoms with van der Waals surface area (Å²) in [5.74, 6) is 1.62. The smallest absolute Gasteiger partial charge is 0.174 e. The van der Waals surface area contributed by atoms with E-state index in [-0.39, 0.29) is 12.1 Å². The summed E-state index contributed by atoms with van der Waals surface area (Å²) in [6.45, 7) is 2.07. The third-order valence-electron chi connectivity index (χ3n) is 5.51. The molecule has 5 rings (SSSR count). The van der Waals surface area contributed by atoms with Gasteiger partial charge in [0.25, 0.3) is 0 Å². The molecule has 4 aromatic rings. The molecule has 4 nitrogen and oxygen atoms in total. The van der Waals surface area contributed by atoms with E-state index < -0.39 is 0 Å². The van der Waals surface area contributed by atoms with Crippen molar-refractivity contribution >= 4 is 54.9 Å². The minimum atomic E-state index is -0.184. The summed E-state index contributed by atoms with van der Waals surface area (Å²) < 4.78 is 8.46. The van der Waals surface area contributed by atoms with Crippen LogP contribution in [0.3, 0.4) is 0 Å². The van der Waals surface area contributed by atoms with E-state index in [0.29, 0.717) is 5.11 Å². The van der Waals surface area contributed by atoms with Crippen LogP contribution in [0.25, 0.3) is 11.3 Å². The summed E-state index contributed by atoms with van der Waals surface area (Å²) in [5.41, 5.74) is 4.10. The number of aryl methyl sites for hydroxylation is 1. The number of benzene rings is 2. The lowest BCUT2D eigenvalue weighted by atomic mass is 10.0. The Morgan fingerprint density at radius 3 is 2.53 bits per heavy atom. The Bertz CT molecular complexity index is 1270. The molecule has 1 saturated heterocycles. The van der Waals surface area contributed by atoms with Crippen LogP contribution in [-0.2, 0) is 0 Å². The molecule has 1 fully saturated rings. The first kappa shape index (κ1) is 21.4. The highest BCUT2D eigenvalue weighted by Gasteiger charge is 2.42. The summed E-state index contributed by atoms with van der Waals surface area (Å²) >= 11 is 13.0. The Morgan fingerprint density at radius 1 is 1.00 bits per heavy atom. The van der Waals surface area contributed by atoms with E-state index in [0.717, 1.165) is 37.4 Å². The van der Waals surface area contributed by atoms with E-state index in [4.69, 9.17) is 16.6 Å². The van der Waals surface area contributed by atoms with E-state index in [1.54, 1.807) is 6.20 Å². The van der Waals surface area contributed by atoms with Gasteiger partial charge in [-0.2, -0.15) is 0 Å². The lowest BCUT2D eigenvalue weighted by Crippen LogP contribution is -2.29. The largest absolute Gasteiger partial charge is 0.459 e. The maximum atomic E-state index is 6.44. The van der Waals surface area contributed by atoms with Crippen LogP contribution in [0.5, 0.6) is 0 Å². The molecule has 7 heteroatoms. The van der Waals surface area contributed by atoms with Crippen molar-refractivity contribution in [2.24, 2.45) is 0 Å². The third-order valence-corrected chi connectivity index (χ3v) is 7.01. The van der Waals surface area contributed by atoms with Crippen molar-refractivity contribution in [3.05, 3.63) is 105 Å². The fourth-order valence-corrected chi connectivity index (χ4v) is 5.30. The predicted molar refractivity (Wildman–Crippen MR) is 139 cm³/mol. The van der Waals surface area contributed by atoms with Crippen molar-refractivity contribution in [3.8, 4) is 11.3 Å². The van der Waals surface area contributed by atoms with Crippen LogP contribution in [-0.4, -0.2) is 10.1 Å². The maximum Gasteiger partial charge on any atom is 0.174 e. The summed E-state index contributed by atoms with van der Waals surface area (Å²) in [7, 11) is 0. The van der Waals surface area contributed by atoms with Gasteiger partial charge in [0.15, 0.2) is 5.11 Å². The van der Waals surface area contributed by atoms with Gasteiger partial charge in [0.05, 0.1) is 11.7 Å². The highest BCUT2D eigenvalue weighted by atomic mass is 79.9. The lowest BCUT2D eigenvalue weighted by molar-refractivity contribution is 0.439. The van der Waals surface area contributed by atoms with Crippen LogP contribution >= 0.6 is 44.1 Å². The number of aromatic nitrogens is 1. The minimum Gasteiger partial charge on any atom is -0.459 e. The number of furan rings is 1. The fraction of sp³-hybridized carbons (Fsp3) is 0.120. The van der Waals surface area contributed by atoms with Crippen LogP contribution in [0.2, 0.25) is 0 Å². The van der Waals surface area contributed by atoms with E-state index >= 15 is 0 Å². The monoisotopic (exact) mass is 567 g/mol. The molecule has 0 bridgehead atoms. The van der Waals surface area contributed by atoms with E-state index in [1.165, 1.54) is 5.56 Å². The number of anilines is 1. The summed E-state index contributed by atoms with van der Waals surface area (Å²) in [5, 5.41) is 4.10. The zero-order valence-electron chi connectivity index (χ0n) is 17.1. The SMILES string of the molecule is Cc1ccc(-c2ccc(C3C(c4ccccn4)NC(=S)N3c3ccc(Br)cc3)o2)c(Br)c1. The molecule has 2 aromatic carbocycles. The number of rotatable bonds is 4. The molecule has 0 radical (unpaired) electrons. The molecule has 1 aliphatic rings. The number of halogens is 2. The van der Waals surface area contributed by atoms with Crippen molar-refractivity contribution < 1.29 is 4.42 Å². The fourth-order valence-electron chi connectivity index (χ4n) is 4.00. The average Bonchev–Trinajstić information content (AvgIpc) is 3.39. The number of nitrogens with one attached hydrogen (secondary N) is 1. The highest BCUT2D eigenvalue weighted by molar-refractivity contribution is 9.10. The molecule has 2 atom stereocenters. The normalized spacial score (nSPS) is 18.1. The van der Waals surface area contributed by atoms with Crippen molar-refractivity contribution in [1.82, 2.24) is 10.3 Å². The van der Waals surface area contributed by atoms with Gasteiger partial charge in [0, 0.05) is 26.4 Å². The molecular weight excluding hydrogens is 550 g/mol. The summed E-state index contributed by atoms with van der Waals surface area (Å²) in [6.07, 6.45) is 1.80. The number of hydrogen-bond acceptors (Lipinski definition) is 3. The van der Waals surface area contributed by atoms with E-state index in [2.05, 4.69) is 72.2 Å². The maximum absolute atomic E-state index is 6.44. The molecule has 1 N–H and O–H groups in total. The third kappa shape index (κ3) is 4.00. The molecule has 0 saturated carbocycles. The molecule has 1 aliphatic heterocycles. The molecule has 2 unspecified atom stereocenters. The van der Waals surface area contributed by atoms with E-state index in [1.807, 2.05) is 54.6 Å². The van der Waals surface area contributed by atoms with Crippen LogP contribution in [0.15, 0.2) is 92.4 Å². The van der Waals surface area contributed by atoms with E-state index in [9.17, 15) is 0 Å². The van der Waals surface area contributed by atoms with Gasteiger partial charge in [0.2, 0.25) is 0 Å². The summed E-state index contributed by atoms with van der Waals surface area (Å²) in [4.78, 5) is 6.70. The molecule has 3 heterocycles. The Hall–Kier alpha value is -2.48. The molecule has 0 aliphatic carbocycles. The quantitative estimate of drug-likeness (QED) is 0.261. The second-order valence-electron chi connectivity index (χ2n) is 7.66. The van der Waals surface area contributed by atoms with Gasteiger partial charge < -0.3 is 14.6 Å². The zero-order valence-corrected chi connectivity index (χ0v) is 21.1. The Kier molecular flexibility index (Phi) is 5.88. The van der Waals surface area contributed by atoms with Gasteiger partial charge in [-0.05, 0) is 85.4 Å². The predicted octanol–water partition coefficient (Wildman–Crippen LogP) is 7.35. The van der Waals surface area contributed by atoms with Crippen LogP contribution in [0, 0.1) is 6.92 Å². The second-order valence-corrected chi connectivity index (χ2v) is 9.82. The van der Waals surface area contributed by atoms with Gasteiger partial charge >= 0.3 is 0 Å². The zero-order chi connectivity index (χ0) is 22.2. The minimum absolute atomic E-state index is 0.146. The van der Waals surface area contributed by atoms with Gasteiger partial charge in [-0.15, -0.1) is 0 Å². The molecule has 0 amide bonds. The molecule has 0 spiro atoms. The number of thiocarbonyl (C=S) groups is 1. The van der Waals surface area contributed by atoms with Crippen molar-refractivity contribution in [1.29, 1.82) is 0 Å². The summed E-state index contributed by atoms with van der Waals surface area (Å²) in [6, 6.07) is 24.0. The number of pyridine rings is 1. The Morgan fingerprint density at radius 2 is 1.81 bits per heavy atom. The highest BCUT2D eigenvalue weighted by Crippen LogP contribution is 2.43. The first-order valence-corrected chi connectivity index (χ1v) is 12.1. The Balaban J connectivity index is 1.60. The lowest BCUT2D eigenvalue weighted by Gasteiger charge is -2.26. The second kappa shape index (κ2) is 8.81. The van der Waals surface area contributed by atoms with Crippen molar-refractivity contribution in [2.75, 3.05) is 4.90 Å². The Labute approximate surface area is 208 Å². The van der Waals surface area contributed by atoms with Crippen molar-refractivity contribution in [2.45, 2.75) is 19.0 Å². The number of nitrogens with zero attached hydrogens (tertiary/aromatic N) is 2. The van der Waals surface area contributed by atoms with Crippen LogP contribution < -0.4 is 10.2 Å². The topological polar surface area (TPSA) is 41.3 Å². The van der Waals surface area contributed by atoms with Gasteiger partial charge in [0.1, 0.15) is 17.6 Å². The average molecular weight is 569 g/mol.